The van der Waals surface area contributed by atoms with Gasteiger partial charge >= 0.3 is 6.09 Å². The number of fused-ring (bicyclic) bond motifs is 3. The first-order chi connectivity index (χ1) is 9.87. The first-order valence-electron chi connectivity index (χ1n) is 7.68. The Labute approximate surface area is 134 Å². The predicted octanol–water partition coefficient (Wildman–Crippen LogP) is 5.23. The molecule has 2 atom stereocenters. The second-order valence-corrected chi connectivity index (χ2v) is 7.93. The van der Waals surface area contributed by atoms with Gasteiger partial charge in [-0.3, -0.25) is 4.90 Å². The van der Waals surface area contributed by atoms with Crippen LogP contribution in [0.2, 0.25) is 0 Å². The second kappa shape index (κ2) is 5.31. The molecule has 1 aromatic rings. The van der Waals surface area contributed by atoms with E-state index in [1.807, 2.05) is 37.8 Å². The summed E-state index contributed by atoms with van der Waals surface area (Å²) in [6.07, 6.45) is 4.45. The van der Waals surface area contributed by atoms with Crippen LogP contribution >= 0.6 is 15.9 Å². The van der Waals surface area contributed by atoms with Gasteiger partial charge in [-0.05, 0) is 57.4 Å². The minimum Gasteiger partial charge on any atom is -0.443 e. The lowest BCUT2D eigenvalue weighted by molar-refractivity contribution is 0.0560. The first kappa shape index (κ1) is 14.9. The number of carbonyl (C=O) groups excluding carboxylic acids is 1. The summed E-state index contributed by atoms with van der Waals surface area (Å²) < 4.78 is 6.71. The van der Waals surface area contributed by atoms with Crippen molar-refractivity contribution in [3.05, 3.63) is 28.2 Å². The molecule has 3 nitrogen and oxygen atoms in total. The number of carbonyl (C=O) groups is 1. The molecule has 0 N–H and O–H groups in total. The van der Waals surface area contributed by atoms with E-state index in [-0.39, 0.29) is 12.1 Å². The van der Waals surface area contributed by atoms with Crippen molar-refractivity contribution in [1.29, 1.82) is 0 Å². The fraction of sp³-hybridized carbons (Fsp3) is 0.588. The Morgan fingerprint density at radius 3 is 2.71 bits per heavy atom. The SMILES string of the molecule is CC(C)(C)OC(=O)N1c2ccc(Br)cc2[C@H]2CCCC[C@H]21. The third-order valence-corrected chi connectivity index (χ3v) is 4.79. The lowest BCUT2D eigenvalue weighted by atomic mass is 9.82. The van der Waals surface area contributed by atoms with E-state index in [1.54, 1.807) is 0 Å². The standard InChI is InChI=1S/C17H22BrNO2/c1-17(2,3)21-16(20)19-14-7-5-4-6-12(14)13-10-11(18)8-9-15(13)19/h8-10,12,14H,4-7H2,1-3H3/t12-,14-/m1/s1. The maximum absolute atomic E-state index is 12.7. The van der Waals surface area contributed by atoms with Gasteiger partial charge in [-0.2, -0.15) is 0 Å². The van der Waals surface area contributed by atoms with Crippen molar-refractivity contribution in [2.45, 2.75) is 64.0 Å². The molecule has 0 unspecified atom stereocenters. The first-order valence-corrected chi connectivity index (χ1v) is 8.48. The van der Waals surface area contributed by atoms with Gasteiger partial charge < -0.3 is 4.74 Å². The fourth-order valence-electron chi connectivity index (χ4n) is 3.55. The van der Waals surface area contributed by atoms with Gasteiger partial charge in [0.25, 0.3) is 0 Å². The van der Waals surface area contributed by atoms with Gasteiger partial charge in [0.1, 0.15) is 5.60 Å². The molecule has 1 aromatic carbocycles. The molecule has 1 saturated carbocycles. The summed E-state index contributed by atoms with van der Waals surface area (Å²) in [5.41, 5.74) is 1.86. The number of rotatable bonds is 0. The van der Waals surface area contributed by atoms with E-state index in [1.165, 1.54) is 18.4 Å². The average Bonchev–Trinajstić information content (AvgIpc) is 2.71. The van der Waals surface area contributed by atoms with Crippen LogP contribution in [0.5, 0.6) is 0 Å². The van der Waals surface area contributed by atoms with Crippen LogP contribution in [-0.4, -0.2) is 17.7 Å². The summed E-state index contributed by atoms with van der Waals surface area (Å²) in [4.78, 5) is 14.6. The van der Waals surface area contributed by atoms with Gasteiger partial charge in [0.2, 0.25) is 0 Å². The zero-order valence-corrected chi connectivity index (χ0v) is 14.4. The molecule has 21 heavy (non-hydrogen) atoms. The van der Waals surface area contributed by atoms with Crippen LogP contribution in [-0.2, 0) is 4.74 Å². The van der Waals surface area contributed by atoms with Crippen LogP contribution in [0.25, 0.3) is 0 Å². The Kier molecular flexibility index (Phi) is 3.76. The summed E-state index contributed by atoms with van der Waals surface area (Å²) in [6, 6.07) is 6.48. The van der Waals surface area contributed by atoms with Gasteiger partial charge in [-0.25, -0.2) is 4.79 Å². The minimum absolute atomic E-state index is 0.208. The number of halogens is 1. The van der Waals surface area contributed by atoms with Gasteiger partial charge in [0.05, 0.1) is 5.69 Å². The van der Waals surface area contributed by atoms with E-state index < -0.39 is 5.60 Å². The van der Waals surface area contributed by atoms with Crippen molar-refractivity contribution in [3.8, 4) is 0 Å². The van der Waals surface area contributed by atoms with Crippen LogP contribution < -0.4 is 4.90 Å². The molecule has 0 spiro atoms. The van der Waals surface area contributed by atoms with Crippen molar-refractivity contribution < 1.29 is 9.53 Å². The lowest BCUT2D eigenvalue weighted by Crippen LogP contribution is -2.43. The quantitative estimate of drug-likeness (QED) is 0.640. The molecule has 1 heterocycles. The maximum Gasteiger partial charge on any atom is 0.415 e. The maximum atomic E-state index is 12.7. The van der Waals surface area contributed by atoms with Crippen molar-refractivity contribution in [1.82, 2.24) is 0 Å². The molecule has 0 radical (unpaired) electrons. The van der Waals surface area contributed by atoms with E-state index >= 15 is 0 Å². The second-order valence-electron chi connectivity index (χ2n) is 7.01. The Morgan fingerprint density at radius 1 is 1.29 bits per heavy atom. The molecule has 0 aromatic heterocycles. The third kappa shape index (κ3) is 2.83. The molecule has 0 saturated heterocycles. The van der Waals surface area contributed by atoms with E-state index in [4.69, 9.17) is 4.74 Å². The number of anilines is 1. The highest BCUT2D eigenvalue weighted by molar-refractivity contribution is 9.10. The fourth-order valence-corrected chi connectivity index (χ4v) is 3.93. The van der Waals surface area contributed by atoms with E-state index in [2.05, 4.69) is 22.0 Å². The molecule has 2 aliphatic rings. The largest absolute Gasteiger partial charge is 0.443 e. The van der Waals surface area contributed by atoms with E-state index in [0.717, 1.165) is 23.0 Å². The summed E-state index contributed by atoms with van der Waals surface area (Å²) in [6.45, 7) is 5.76. The molecule has 1 fully saturated rings. The van der Waals surface area contributed by atoms with Crippen LogP contribution in [0, 0.1) is 0 Å². The van der Waals surface area contributed by atoms with Crippen LogP contribution in [0.3, 0.4) is 0 Å². The highest BCUT2D eigenvalue weighted by Crippen LogP contribution is 2.48. The minimum atomic E-state index is -0.459. The van der Waals surface area contributed by atoms with Crippen molar-refractivity contribution in [3.63, 3.8) is 0 Å². The molecule has 0 bridgehead atoms. The topological polar surface area (TPSA) is 29.5 Å². The number of ether oxygens (including phenoxy) is 1. The van der Waals surface area contributed by atoms with Gasteiger partial charge in [0.15, 0.2) is 0 Å². The zero-order chi connectivity index (χ0) is 15.2. The van der Waals surface area contributed by atoms with Gasteiger partial charge in [-0.15, -0.1) is 0 Å². The highest BCUT2D eigenvalue weighted by atomic mass is 79.9. The Hall–Kier alpha value is -1.03. The molecular formula is C17H22BrNO2. The smallest absolute Gasteiger partial charge is 0.415 e. The summed E-state index contributed by atoms with van der Waals surface area (Å²) in [5, 5.41) is 0. The highest BCUT2D eigenvalue weighted by Gasteiger charge is 2.44. The molecular weight excluding hydrogens is 330 g/mol. The molecule has 1 amide bonds. The average molecular weight is 352 g/mol. The number of hydrogen-bond acceptors (Lipinski definition) is 2. The summed E-state index contributed by atoms with van der Waals surface area (Å²) in [5.74, 6) is 0.457. The van der Waals surface area contributed by atoms with Crippen LogP contribution in [0.15, 0.2) is 22.7 Å². The Morgan fingerprint density at radius 2 is 2.00 bits per heavy atom. The lowest BCUT2D eigenvalue weighted by Gasteiger charge is -2.33. The van der Waals surface area contributed by atoms with Crippen LogP contribution in [0.4, 0.5) is 10.5 Å². The normalized spacial score (nSPS) is 24.5. The van der Waals surface area contributed by atoms with Crippen molar-refractivity contribution >= 4 is 27.7 Å². The van der Waals surface area contributed by atoms with Gasteiger partial charge in [-0.1, -0.05) is 28.8 Å². The number of amides is 1. The molecule has 1 aliphatic carbocycles. The number of benzene rings is 1. The Bertz CT molecular complexity index is 564. The molecule has 3 rings (SSSR count). The molecule has 4 heteroatoms. The van der Waals surface area contributed by atoms with Crippen LogP contribution in [0.1, 0.15) is 57.9 Å². The monoisotopic (exact) mass is 351 g/mol. The third-order valence-electron chi connectivity index (χ3n) is 4.30. The zero-order valence-electron chi connectivity index (χ0n) is 12.9. The summed E-state index contributed by atoms with van der Waals surface area (Å²) >= 11 is 3.55. The molecule has 1 aliphatic heterocycles. The molecule has 114 valence electrons. The number of nitrogens with zero attached hydrogens (tertiary/aromatic N) is 1. The predicted molar refractivity (Wildman–Crippen MR) is 87.9 cm³/mol. The van der Waals surface area contributed by atoms with Crippen molar-refractivity contribution in [2.24, 2.45) is 0 Å². The van der Waals surface area contributed by atoms with Gasteiger partial charge in [0, 0.05) is 16.4 Å². The van der Waals surface area contributed by atoms with E-state index in [9.17, 15) is 4.79 Å². The van der Waals surface area contributed by atoms with E-state index in [0.29, 0.717) is 5.92 Å². The number of hydrogen-bond donors (Lipinski definition) is 0. The summed E-state index contributed by atoms with van der Waals surface area (Å²) in [7, 11) is 0. The Balaban J connectivity index is 1.98. The van der Waals surface area contributed by atoms with Crippen molar-refractivity contribution in [2.75, 3.05) is 4.90 Å².